The minimum absolute atomic E-state index is 0.0136. The number of aromatic hydroxyl groups is 1. The van der Waals surface area contributed by atoms with Crippen molar-refractivity contribution in [2.24, 2.45) is 5.73 Å². The summed E-state index contributed by atoms with van der Waals surface area (Å²) in [5, 5.41) is 27.1. The predicted octanol–water partition coefficient (Wildman–Crippen LogP) is 0.229. The number of phenols is 1. The summed E-state index contributed by atoms with van der Waals surface area (Å²) >= 11 is 0. The molecule has 16 heavy (non-hydrogen) atoms. The van der Waals surface area contributed by atoms with Gasteiger partial charge in [-0.05, 0) is 24.6 Å². The summed E-state index contributed by atoms with van der Waals surface area (Å²) in [6.07, 6.45) is 0.135. The minimum Gasteiger partial charge on any atom is -0.508 e. The maximum absolute atomic E-state index is 10.8. The Morgan fingerprint density at radius 2 is 2.12 bits per heavy atom. The highest BCUT2D eigenvalue weighted by molar-refractivity contribution is 5.78. The molecule has 0 spiro atoms. The van der Waals surface area contributed by atoms with Crippen LogP contribution < -0.4 is 5.73 Å². The average Bonchev–Trinajstić information content (AvgIpc) is 2.20. The summed E-state index contributed by atoms with van der Waals surface area (Å²) in [4.78, 5) is 10.8. The van der Waals surface area contributed by atoms with Gasteiger partial charge in [-0.2, -0.15) is 0 Å². The lowest BCUT2D eigenvalue weighted by molar-refractivity contribution is -0.142. The van der Waals surface area contributed by atoms with E-state index in [0.717, 1.165) is 0 Å². The molecule has 0 heterocycles. The summed E-state index contributed by atoms with van der Waals surface area (Å²) in [6, 6.07) is 4.55. The molecule has 0 saturated carbocycles. The van der Waals surface area contributed by atoms with Crippen LogP contribution in [-0.2, 0) is 17.8 Å². The van der Waals surface area contributed by atoms with E-state index in [1.54, 1.807) is 12.1 Å². The van der Waals surface area contributed by atoms with Crippen molar-refractivity contribution < 1.29 is 20.1 Å². The van der Waals surface area contributed by atoms with E-state index >= 15 is 0 Å². The van der Waals surface area contributed by atoms with E-state index in [2.05, 4.69) is 0 Å². The van der Waals surface area contributed by atoms with Gasteiger partial charge in [0.25, 0.3) is 0 Å². The van der Waals surface area contributed by atoms with E-state index in [1.807, 2.05) is 0 Å². The van der Waals surface area contributed by atoms with Crippen LogP contribution in [0.1, 0.15) is 18.1 Å². The number of aliphatic carboxylic acids is 1. The van der Waals surface area contributed by atoms with Crippen LogP contribution in [0.15, 0.2) is 18.2 Å². The van der Waals surface area contributed by atoms with E-state index < -0.39 is 11.5 Å². The molecule has 1 aromatic carbocycles. The fourth-order valence-corrected chi connectivity index (χ4v) is 1.38. The lowest BCUT2D eigenvalue weighted by Gasteiger charge is -2.19. The summed E-state index contributed by atoms with van der Waals surface area (Å²) in [7, 11) is 0. The number of hydrogen-bond donors (Lipinski definition) is 4. The fourth-order valence-electron chi connectivity index (χ4n) is 1.38. The zero-order chi connectivity index (χ0) is 12.3. The van der Waals surface area contributed by atoms with E-state index in [1.165, 1.54) is 13.0 Å². The highest BCUT2D eigenvalue weighted by Crippen LogP contribution is 2.20. The van der Waals surface area contributed by atoms with Crippen molar-refractivity contribution in [3.63, 3.8) is 0 Å². The molecule has 0 fully saturated rings. The predicted molar refractivity (Wildman–Crippen MR) is 58.0 cm³/mol. The smallest absolute Gasteiger partial charge is 0.323 e. The Labute approximate surface area is 93.1 Å². The molecule has 1 rings (SSSR count). The molecule has 5 heteroatoms. The Hall–Kier alpha value is -1.59. The van der Waals surface area contributed by atoms with E-state index in [0.29, 0.717) is 11.1 Å². The third kappa shape index (κ3) is 2.71. The topological polar surface area (TPSA) is 104 Å². The van der Waals surface area contributed by atoms with Crippen LogP contribution in [0, 0.1) is 0 Å². The van der Waals surface area contributed by atoms with Crippen molar-refractivity contribution in [3.05, 3.63) is 29.3 Å². The third-order valence-electron chi connectivity index (χ3n) is 2.37. The second-order valence-electron chi connectivity index (χ2n) is 4.02. The fraction of sp³-hybridized carbons (Fsp3) is 0.364. The number of aliphatic hydroxyl groups excluding tert-OH is 1. The molecule has 0 bridgehead atoms. The van der Waals surface area contributed by atoms with Crippen LogP contribution in [-0.4, -0.2) is 26.8 Å². The van der Waals surface area contributed by atoms with Crippen LogP contribution in [0.5, 0.6) is 5.75 Å². The van der Waals surface area contributed by atoms with Crippen molar-refractivity contribution in [2.45, 2.75) is 25.5 Å². The first kappa shape index (κ1) is 12.5. The van der Waals surface area contributed by atoms with Crippen molar-refractivity contribution >= 4 is 5.97 Å². The first-order valence-corrected chi connectivity index (χ1v) is 4.80. The highest BCUT2D eigenvalue weighted by Gasteiger charge is 2.28. The zero-order valence-electron chi connectivity index (χ0n) is 8.97. The largest absolute Gasteiger partial charge is 0.508 e. The number of carboxylic acids is 1. The minimum atomic E-state index is -1.36. The maximum atomic E-state index is 10.8. The molecule has 88 valence electrons. The van der Waals surface area contributed by atoms with Crippen LogP contribution in [0.3, 0.4) is 0 Å². The normalized spacial score (nSPS) is 14.4. The van der Waals surface area contributed by atoms with E-state index in [9.17, 15) is 9.90 Å². The van der Waals surface area contributed by atoms with Gasteiger partial charge < -0.3 is 21.1 Å². The van der Waals surface area contributed by atoms with Crippen LogP contribution in [0.4, 0.5) is 0 Å². The van der Waals surface area contributed by atoms with Gasteiger partial charge in [0, 0.05) is 12.0 Å². The number of rotatable bonds is 4. The molecular weight excluding hydrogens is 210 g/mol. The molecule has 5 nitrogen and oxygen atoms in total. The van der Waals surface area contributed by atoms with Crippen molar-refractivity contribution in [1.82, 2.24) is 0 Å². The first-order valence-electron chi connectivity index (χ1n) is 4.80. The van der Waals surface area contributed by atoms with Gasteiger partial charge in [-0.25, -0.2) is 0 Å². The first-order chi connectivity index (χ1) is 7.36. The lowest BCUT2D eigenvalue weighted by Crippen LogP contribution is -2.46. The average molecular weight is 225 g/mol. The third-order valence-corrected chi connectivity index (χ3v) is 2.37. The molecule has 0 aliphatic rings. The standard InChI is InChI=1S/C11H15NO4/c1-11(12,10(15)16)5-7-2-3-9(14)8(4-7)6-13/h2-4,13-14H,5-6,12H2,1H3,(H,15,16)/t11-/m0/s1. The zero-order valence-corrected chi connectivity index (χ0v) is 8.97. The van der Waals surface area contributed by atoms with Gasteiger partial charge in [-0.15, -0.1) is 0 Å². The van der Waals surface area contributed by atoms with Gasteiger partial charge in [0.1, 0.15) is 11.3 Å². The van der Waals surface area contributed by atoms with Crippen molar-refractivity contribution in [2.75, 3.05) is 0 Å². The van der Waals surface area contributed by atoms with E-state index in [4.69, 9.17) is 15.9 Å². The lowest BCUT2D eigenvalue weighted by atomic mass is 9.93. The molecular formula is C11H15NO4. The molecule has 1 atom stereocenters. The van der Waals surface area contributed by atoms with Gasteiger partial charge in [-0.3, -0.25) is 4.79 Å². The van der Waals surface area contributed by atoms with Gasteiger partial charge in [0.05, 0.1) is 6.61 Å². The number of carboxylic acid groups (broad SMARTS) is 1. The number of nitrogens with two attached hydrogens (primary N) is 1. The monoisotopic (exact) mass is 225 g/mol. The molecule has 0 aliphatic carbocycles. The number of aliphatic hydroxyl groups is 1. The molecule has 0 amide bonds. The summed E-state index contributed by atoms with van der Waals surface area (Å²) in [5.74, 6) is -1.11. The molecule has 5 N–H and O–H groups in total. The second kappa shape index (κ2) is 4.51. The summed E-state index contributed by atoms with van der Waals surface area (Å²) < 4.78 is 0. The Balaban J connectivity index is 2.94. The summed E-state index contributed by atoms with van der Waals surface area (Å²) in [5.41, 5.74) is 5.26. The van der Waals surface area contributed by atoms with Crippen LogP contribution >= 0.6 is 0 Å². The SMILES string of the molecule is C[C@](N)(Cc1ccc(O)c(CO)c1)C(=O)O. The number of benzene rings is 1. The van der Waals surface area contributed by atoms with E-state index in [-0.39, 0.29) is 18.8 Å². The Kier molecular flexibility index (Phi) is 3.51. The van der Waals surface area contributed by atoms with Crippen molar-refractivity contribution in [1.29, 1.82) is 0 Å². The maximum Gasteiger partial charge on any atom is 0.323 e. The number of carbonyl (C=O) groups is 1. The van der Waals surface area contributed by atoms with Gasteiger partial charge in [0.15, 0.2) is 0 Å². The van der Waals surface area contributed by atoms with Crippen LogP contribution in [0.25, 0.3) is 0 Å². The Morgan fingerprint density at radius 1 is 1.50 bits per heavy atom. The summed E-state index contributed by atoms with van der Waals surface area (Å²) in [6.45, 7) is 1.12. The Morgan fingerprint density at radius 3 is 2.62 bits per heavy atom. The molecule has 0 unspecified atom stereocenters. The highest BCUT2D eigenvalue weighted by atomic mass is 16.4. The molecule has 0 saturated heterocycles. The molecule has 0 aliphatic heterocycles. The molecule has 1 aromatic rings. The van der Waals surface area contributed by atoms with Gasteiger partial charge >= 0.3 is 5.97 Å². The second-order valence-corrected chi connectivity index (χ2v) is 4.02. The van der Waals surface area contributed by atoms with Gasteiger partial charge in [0.2, 0.25) is 0 Å². The van der Waals surface area contributed by atoms with Gasteiger partial charge in [-0.1, -0.05) is 6.07 Å². The Bertz CT molecular complexity index is 401. The molecule has 0 radical (unpaired) electrons. The quantitative estimate of drug-likeness (QED) is 0.587. The number of hydrogen-bond acceptors (Lipinski definition) is 4. The van der Waals surface area contributed by atoms with Crippen LogP contribution in [0.2, 0.25) is 0 Å². The van der Waals surface area contributed by atoms with Crippen molar-refractivity contribution in [3.8, 4) is 5.75 Å². The molecule has 0 aromatic heterocycles.